The van der Waals surface area contributed by atoms with Crippen molar-refractivity contribution in [3.05, 3.63) is 0 Å². The van der Waals surface area contributed by atoms with E-state index in [1.54, 1.807) is 0 Å². The largest absolute Gasteiger partial charge is 0.460 e. The third-order valence-corrected chi connectivity index (χ3v) is 10.5. The van der Waals surface area contributed by atoms with E-state index in [0.29, 0.717) is 35.5 Å². The molecule has 8 aliphatic carbocycles. The molecule has 34 heavy (non-hydrogen) atoms. The normalized spacial score (nSPS) is 44.9. The van der Waals surface area contributed by atoms with Crippen LogP contribution in [-0.2, 0) is 14.3 Å². The molecular weight excluding hydrogens is 443 g/mol. The molecular formula is C27H38F3NO3. The second-order valence-electron chi connectivity index (χ2n) is 13.3. The summed E-state index contributed by atoms with van der Waals surface area (Å²) >= 11 is 0. The Balaban J connectivity index is 1.15. The van der Waals surface area contributed by atoms with Crippen LogP contribution in [-0.4, -0.2) is 37.1 Å². The average molecular weight is 482 g/mol. The number of hydrogen-bond acceptors (Lipinski definition) is 4. The number of nitrogens with one attached hydrogen (secondary N) is 1. The van der Waals surface area contributed by atoms with E-state index in [2.05, 4.69) is 5.32 Å². The molecule has 7 heteroatoms. The zero-order valence-corrected chi connectivity index (χ0v) is 20.0. The summed E-state index contributed by atoms with van der Waals surface area (Å²) in [5.41, 5.74) is -0.801. The highest BCUT2D eigenvalue weighted by atomic mass is 19.4. The van der Waals surface area contributed by atoms with Gasteiger partial charge < -0.3 is 10.1 Å². The minimum absolute atomic E-state index is 0.0507. The van der Waals surface area contributed by atoms with Crippen molar-refractivity contribution in [2.75, 3.05) is 13.1 Å². The highest BCUT2D eigenvalue weighted by Crippen LogP contribution is 2.62. The molecule has 0 spiro atoms. The summed E-state index contributed by atoms with van der Waals surface area (Å²) < 4.78 is 44.4. The van der Waals surface area contributed by atoms with E-state index in [1.807, 2.05) is 0 Å². The summed E-state index contributed by atoms with van der Waals surface area (Å²) in [6.45, 7) is -1.25. The molecule has 4 nitrogen and oxygen atoms in total. The lowest BCUT2D eigenvalue weighted by Crippen LogP contribution is -2.53. The second-order valence-corrected chi connectivity index (χ2v) is 13.3. The molecule has 0 amide bonds. The summed E-state index contributed by atoms with van der Waals surface area (Å²) in [4.78, 5) is 27.2. The number of ketones is 1. The quantitative estimate of drug-likeness (QED) is 0.469. The van der Waals surface area contributed by atoms with Gasteiger partial charge in [0.1, 0.15) is 11.9 Å². The van der Waals surface area contributed by atoms with Crippen LogP contribution in [0.4, 0.5) is 13.2 Å². The van der Waals surface area contributed by atoms with Gasteiger partial charge in [0.15, 0.2) is 0 Å². The number of esters is 1. The van der Waals surface area contributed by atoms with Crippen LogP contribution >= 0.6 is 0 Å². The van der Waals surface area contributed by atoms with Crippen molar-refractivity contribution < 1.29 is 27.5 Å². The van der Waals surface area contributed by atoms with Crippen molar-refractivity contribution in [3.63, 3.8) is 0 Å². The topological polar surface area (TPSA) is 55.4 Å². The number of hydrogen-bond donors (Lipinski definition) is 1. The van der Waals surface area contributed by atoms with Gasteiger partial charge in [-0.1, -0.05) is 0 Å². The van der Waals surface area contributed by atoms with Crippen LogP contribution in [0.25, 0.3) is 0 Å². The first-order chi connectivity index (χ1) is 16.1. The molecule has 190 valence electrons. The van der Waals surface area contributed by atoms with Crippen LogP contribution < -0.4 is 5.32 Å². The number of ether oxygens (including phenoxy) is 1. The van der Waals surface area contributed by atoms with E-state index in [4.69, 9.17) is 4.74 Å². The Morgan fingerprint density at radius 3 is 1.59 bits per heavy atom. The molecule has 0 heterocycles. The first-order valence-corrected chi connectivity index (χ1v) is 13.6. The van der Waals surface area contributed by atoms with Gasteiger partial charge in [0, 0.05) is 18.4 Å². The van der Waals surface area contributed by atoms with Crippen LogP contribution in [0.5, 0.6) is 0 Å². The zero-order chi connectivity index (χ0) is 23.7. The van der Waals surface area contributed by atoms with Crippen molar-refractivity contribution >= 4 is 11.8 Å². The predicted molar refractivity (Wildman–Crippen MR) is 120 cm³/mol. The molecule has 0 saturated heterocycles. The number of alkyl halides is 3. The lowest BCUT2D eigenvalue weighted by atomic mass is 9.48. The van der Waals surface area contributed by atoms with Gasteiger partial charge in [0.2, 0.25) is 0 Å². The second kappa shape index (κ2) is 8.21. The zero-order valence-electron chi connectivity index (χ0n) is 20.0. The Morgan fingerprint density at radius 1 is 0.765 bits per heavy atom. The lowest BCUT2D eigenvalue weighted by Gasteiger charge is -2.56. The number of halogens is 3. The average Bonchev–Trinajstić information content (AvgIpc) is 2.70. The summed E-state index contributed by atoms with van der Waals surface area (Å²) in [6, 6.07) is 0. The molecule has 0 aromatic heterocycles. The molecule has 0 aromatic carbocycles. The van der Waals surface area contributed by atoms with E-state index in [9.17, 15) is 22.8 Å². The summed E-state index contributed by atoms with van der Waals surface area (Å²) in [6.07, 6.45) is 7.50. The van der Waals surface area contributed by atoms with Crippen molar-refractivity contribution in [2.24, 2.45) is 46.3 Å². The molecule has 1 unspecified atom stereocenters. The number of Topliss-reactive ketones (excluding diaryl/α,β-unsaturated/α-hetero) is 1. The number of carbonyl (C=O) groups excluding carboxylic acids is 2. The maximum Gasteiger partial charge on any atom is 0.401 e. The SMILES string of the molecule is O=C(CC(CNCC(F)(F)F)OC(=O)C12CC3CC(CC(C3)C1)C2)C12CC3CC(CC(C3)C1)C2. The van der Waals surface area contributed by atoms with Crippen LogP contribution in [0.15, 0.2) is 0 Å². The fourth-order valence-corrected chi connectivity index (χ4v) is 10.0. The first kappa shape index (κ1) is 23.3. The van der Waals surface area contributed by atoms with Gasteiger partial charge in [0.25, 0.3) is 0 Å². The molecule has 8 rings (SSSR count). The molecule has 1 atom stereocenters. The fraction of sp³-hybridized carbons (Fsp3) is 0.926. The molecule has 0 aliphatic heterocycles. The molecule has 0 aromatic rings. The Kier molecular flexibility index (Phi) is 5.62. The first-order valence-electron chi connectivity index (χ1n) is 13.6. The molecule has 8 fully saturated rings. The van der Waals surface area contributed by atoms with Crippen LogP contribution in [0.1, 0.15) is 83.5 Å². The van der Waals surface area contributed by atoms with Crippen molar-refractivity contribution in [1.29, 1.82) is 0 Å². The van der Waals surface area contributed by atoms with E-state index in [1.165, 1.54) is 38.5 Å². The molecule has 0 radical (unpaired) electrons. The third kappa shape index (κ3) is 4.32. The molecule has 8 bridgehead atoms. The highest BCUT2D eigenvalue weighted by Gasteiger charge is 2.57. The van der Waals surface area contributed by atoms with Crippen molar-refractivity contribution in [2.45, 2.75) is 95.8 Å². The predicted octanol–water partition coefficient (Wildman–Crippen LogP) is 5.44. The summed E-state index contributed by atoms with van der Waals surface area (Å²) in [7, 11) is 0. The number of rotatable bonds is 8. The molecule has 8 saturated carbocycles. The molecule has 8 aliphatic rings. The highest BCUT2D eigenvalue weighted by molar-refractivity contribution is 5.86. The van der Waals surface area contributed by atoms with Gasteiger partial charge in [-0.15, -0.1) is 0 Å². The van der Waals surface area contributed by atoms with Crippen molar-refractivity contribution in [1.82, 2.24) is 5.32 Å². The minimum atomic E-state index is -4.33. The Labute approximate surface area is 200 Å². The van der Waals surface area contributed by atoms with E-state index >= 15 is 0 Å². The van der Waals surface area contributed by atoms with Crippen molar-refractivity contribution in [3.8, 4) is 0 Å². The summed E-state index contributed by atoms with van der Waals surface area (Å²) in [5.74, 6) is 3.47. The maximum atomic E-state index is 13.7. The van der Waals surface area contributed by atoms with E-state index < -0.39 is 24.2 Å². The monoisotopic (exact) mass is 481 g/mol. The van der Waals surface area contributed by atoms with Gasteiger partial charge in [-0.05, 0) is 113 Å². The van der Waals surface area contributed by atoms with Gasteiger partial charge >= 0.3 is 12.1 Å². The maximum absolute atomic E-state index is 13.7. The standard InChI is InChI=1S/C27H38F3NO3/c28-27(29,30)15-31-14-22(7-23(32)25-8-16-1-17(9-25)3-18(2-16)10-25)34-24(33)26-11-19-4-20(12-26)6-21(5-19)13-26/h16-22,31H,1-15H2. The number of carbonyl (C=O) groups is 2. The Hall–Kier alpha value is -1.11. The Bertz CT molecular complexity index is 709. The van der Waals surface area contributed by atoms with Gasteiger partial charge in [-0.3, -0.25) is 9.59 Å². The minimum Gasteiger partial charge on any atom is -0.460 e. The van der Waals surface area contributed by atoms with Crippen LogP contribution in [0.3, 0.4) is 0 Å². The van der Waals surface area contributed by atoms with Gasteiger partial charge in [-0.2, -0.15) is 13.2 Å². The van der Waals surface area contributed by atoms with E-state index in [-0.39, 0.29) is 30.1 Å². The van der Waals surface area contributed by atoms with Crippen LogP contribution in [0, 0.1) is 46.3 Å². The van der Waals surface area contributed by atoms with Gasteiger partial charge in [-0.25, -0.2) is 0 Å². The molecule has 1 N–H and O–H groups in total. The van der Waals surface area contributed by atoms with E-state index in [0.717, 1.165) is 38.5 Å². The fourth-order valence-electron chi connectivity index (χ4n) is 10.0. The lowest BCUT2D eigenvalue weighted by molar-refractivity contribution is -0.178. The smallest absolute Gasteiger partial charge is 0.401 e. The van der Waals surface area contributed by atoms with Crippen LogP contribution in [0.2, 0.25) is 0 Å². The Morgan fingerprint density at radius 2 is 1.18 bits per heavy atom. The van der Waals surface area contributed by atoms with Gasteiger partial charge in [0.05, 0.1) is 12.0 Å². The summed E-state index contributed by atoms with van der Waals surface area (Å²) in [5, 5.41) is 2.43. The third-order valence-electron chi connectivity index (χ3n) is 10.5.